The number of carbonyl (C=O) groups excluding carboxylic acids is 1. The Balaban J connectivity index is 1.50. The molecule has 0 aliphatic heterocycles. The molecule has 0 radical (unpaired) electrons. The number of aryl methyl sites for hydroxylation is 1. The van der Waals surface area contributed by atoms with Crippen molar-refractivity contribution >= 4 is 5.97 Å². The first-order valence-electron chi connectivity index (χ1n) is 6.97. The molecule has 0 bridgehead atoms. The lowest BCUT2D eigenvalue weighted by Crippen LogP contribution is -2.05. The van der Waals surface area contributed by atoms with Gasteiger partial charge in [0.15, 0.2) is 6.61 Å². The van der Waals surface area contributed by atoms with Crippen LogP contribution in [0, 0.1) is 5.82 Å². The topological polar surface area (TPSA) is 78.4 Å². The van der Waals surface area contributed by atoms with Gasteiger partial charge >= 0.3 is 5.97 Å². The summed E-state index contributed by atoms with van der Waals surface area (Å²) < 4.78 is 28.1. The summed E-state index contributed by atoms with van der Waals surface area (Å²) in [7, 11) is 0. The summed E-state index contributed by atoms with van der Waals surface area (Å²) >= 11 is 0. The van der Waals surface area contributed by atoms with Gasteiger partial charge in [0.1, 0.15) is 11.6 Å². The van der Waals surface area contributed by atoms with Crippen LogP contribution in [-0.2, 0) is 22.6 Å². The van der Waals surface area contributed by atoms with Crippen LogP contribution in [0.25, 0.3) is 11.4 Å². The normalized spacial score (nSPS) is 10.7. The second kappa shape index (κ2) is 6.87. The molecule has 0 spiro atoms. The van der Waals surface area contributed by atoms with Crippen molar-refractivity contribution in [2.45, 2.75) is 19.4 Å². The number of esters is 1. The lowest BCUT2D eigenvalue weighted by Gasteiger charge is -2.00. The Labute approximate surface area is 130 Å². The van der Waals surface area contributed by atoms with E-state index in [1.165, 1.54) is 12.1 Å². The van der Waals surface area contributed by atoms with E-state index in [0.29, 0.717) is 17.8 Å². The van der Waals surface area contributed by atoms with Gasteiger partial charge < -0.3 is 13.7 Å². The number of benzene rings is 1. The first-order valence-corrected chi connectivity index (χ1v) is 6.97. The molecule has 0 saturated heterocycles. The van der Waals surface area contributed by atoms with Gasteiger partial charge in [0.05, 0.1) is 12.7 Å². The number of halogens is 1. The second-order valence-electron chi connectivity index (χ2n) is 4.76. The minimum atomic E-state index is -0.386. The average Bonchev–Trinajstić information content (AvgIpc) is 3.23. The summed E-state index contributed by atoms with van der Waals surface area (Å²) in [5, 5.41) is 3.77. The molecule has 3 rings (SSSR count). The SMILES string of the molecule is O=C(CCc1ccco1)OCc1nc(-c2ccc(F)cc2)no1. The highest BCUT2D eigenvalue weighted by molar-refractivity contribution is 5.69. The molecule has 118 valence electrons. The Bertz CT molecular complexity index is 766. The monoisotopic (exact) mass is 316 g/mol. The van der Waals surface area contributed by atoms with Crippen LogP contribution in [0.3, 0.4) is 0 Å². The van der Waals surface area contributed by atoms with Crippen molar-refractivity contribution in [2.75, 3.05) is 0 Å². The maximum Gasteiger partial charge on any atom is 0.306 e. The summed E-state index contributed by atoms with van der Waals surface area (Å²) in [5.41, 5.74) is 0.616. The number of rotatable bonds is 6. The van der Waals surface area contributed by atoms with Gasteiger partial charge in [-0.1, -0.05) is 5.16 Å². The molecule has 2 heterocycles. The quantitative estimate of drug-likeness (QED) is 0.650. The molecule has 0 atom stereocenters. The first kappa shape index (κ1) is 15.0. The Morgan fingerprint density at radius 3 is 2.78 bits per heavy atom. The fourth-order valence-corrected chi connectivity index (χ4v) is 1.92. The molecule has 0 amide bonds. The number of carbonyl (C=O) groups is 1. The maximum absolute atomic E-state index is 12.9. The third-order valence-electron chi connectivity index (χ3n) is 3.08. The van der Waals surface area contributed by atoms with E-state index >= 15 is 0 Å². The van der Waals surface area contributed by atoms with Gasteiger partial charge in [-0.15, -0.1) is 0 Å². The number of aromatic nitrogens is 2. The van der Waals surface area contributed by atoms with Crippen LogP contribution in [0.2, 0.25) is 0 Å². The minimum absolute atomic E-state index is 0.106. The Hall–Kier alpha value is -2.96. The highest BCUT2D eigenvalue weighted by atomic mass is 19.1. The molecule has 7 heteroatoms. The number of nitrogens with zero attached hydrogens (tertiary/aromatic N) is 2. The van der Waals surface area contributed by atoms with Gasteiger partial charge in [-0.2, -0.15) is 4.98 Å². The molecule has 23 heavy (non-hydrogen) atoms. The molecule has 0 N–H and O–H groups in total. The Kier molecular flexibility index (Phi) is 4.46. The molecule has 0 aliphatic rings. The van der Waals surface area contributed by atoms with E-state index in [1.54, 1.807) is 30.5 Å². The lowest BCUT2D eigenvalue weighted by atomic mass is 10.2. The Morgan fingerprint density at radius 2 is 2.04 bits per heavy atom. The third kappa shape index (κ3) is 4.03. The van der Waals surface area contributed by atoms with Crippen LogP contribution >= 0.6 is 0 Å². The summed E-state index contributed by atoms with van der Waals surface area (Å²) in [6, 6.07) is 9.25. The molecule has 0 aliphatic carbocycles. The van der Waals surface area contributed by atoms with Crippen LogP contribution in [-0.4, -0.2) is 16.1 Å². The summed E-state index contributed by atoms with van der Waals surface area (Å²) in [4.78, 5) is 15.7. The van der Waals surface area contributed by atoms with Crippen molar-refractivity contribution in [3.8, 4) is 11.4 Å². The highest BCUT2D eigenvalue weighted by Gasteiger charge is 2.11. The second-order valence-corrected chi connectivity index (χ2v) is 4.76. The zero-order valence-electron chi connectivity index (χ0n) is 12.1. The van der Waals surface area contributed by atoms with Gasteiger partial charge in [-0.25, -0.2) is 4.39 Å². The number of ether oxygens (including phenoxy) is 1. The largest absolute Gasteiger partial charge is 0.469 e. The van der Waals surface area contributed by atoms with E-state index in [0.717, 1.165) is 5.76 Å². The number of furan rings is 1. The van der Waals surface area contributed by atoms with E-state index < -0.39 is 0 Å². The van der Waals surface area contributed by atoms with E-state index in [1.807, 2.05) is 0 Å². The van der Waals surface area contributed by atoms with E-state index in [4.69, 9.17) is 13.7 Å². The van der Waals surface area contributed by atoms with Crippen molar-refractivity contribution in [1.29, 1.82) is 0 Å². The molecule has 1 aromatic carbocycles. The molecular formula is C16H13FN2O4. The van der Waals surface area contributed by atoms with Crippen molar-refractivity contribution < 1.29 is 22.9 Å². The van der Waals surface area contributed by atoms with E-state index in [2.05, 4.69) is 10.1 Å². The molecule has 0 unspecified atom stereocenters. The van der Waals surface area contributed by atoms with Gasteiger partial charge in [-0.05, 0) is 36.4 Å². The van der Waals surface area contributed by atoms with Gasteiger partial charge in [-0.3, -0.25) is 4.79 Å². The highest BCUT2D eigenvalue weighted by Crippen LogP contribution is 2.16. The first-order chi connectivity index (χ1) is 11.2. The standard InChI is InChI=1S/C16H13FN2O4/c17-12-5-3-11(4-6-12)16-18-14(23-19-16)10-22-15(20)8-7-13-2-1-9-21-13/h1-6,9H,7-8,10H2. The van der Waals surface area contributed by atoms with E-state index in [-0.39, 0.29) is 30.7 Å². The van der Waals surface area contributed by atoms with Crippen LogP contribution in [0.4, 0.5) is 4.39 Å². The zero-order chi connectivity index (χ0) is 16.1. The van der Waals surface area contributed by atoms with Crippen LogP contribution in [0.5, 0.6) is 0 Å². The molecule has 0 fully saturated rings. The minimum Gasteiger partial charge on any atom is -0.469 e. The van der Waals surface area contributed by atoms with Crippen molar-refractivity contribution in [3.05, 3.63) is 60.1 Å². The van der Waals surface area contributed by atoms with Crippen LogP contribution < -0.4 is 0 Å². The molecule has 6 nitrogen and oxygen atoms in total. The summed E-state index contributed by atoms with van der Waals surface area (Å²) in [6.45, 7) is -0.106. The lowest BCUT2D eigenvalue weighted by molar-refractivity contribution is -0.145. The predicted octanol–water partition coefficient (Wildman–Crippen LogP) is 3.14. The predicted molar refractivity (Wildman–Crippen MR) is 76.5 cm³/mol. The van der Waals surface area contributed by atoms with Gasteiger partial charge in [0.25, 0.3) is 5.89 Å². The Morgan fingerprint density at radius 1 is 1.22 bits per heavy atom. The average molecular weight is 316 g/mol. The molecule has 3 aromatic rings. The fourth-order valence-electron chi connectivity index (χ4n) is 1.92. The molecule has 2 aromatic heterocycles. The van der Waals surface area contributed by atoms with Crippen LogP contribution in [0.15, 0.2) is 51.6 Å². The zero-order valence-corrected chi connectivity index (χ0v) is 12.1. The van der Waals surface area contributed by atoms with Gasteiger partial charge in [0.2, 0.25) is 5.82 Å². The van der Waals surface area contributed by atoms with Crippen molar-refractivity contribution in [2.24, 2.45) is 0 Å². The number of hydrogen-bond donors (Lipinski definition) is 0. The molecule has 0 saturated carbocycles. The maximum atomic E-state index is 12.9. The van der Waals surface area contributed by atoms with Crippen molar-refractivity contribution in [3.63, 3.8) is 0 Å². The third-order valence-corrected chi connectivity index (χ3v) is 3.08. The number of hydrogen-bond acceptors (Lipinski definition) is 6. The van der Waals surface area contributed by atoms with Crippen LogP contribution in [0.1, 0.15) is 18.1 Å². The summed E-state index contributed by atoms with van der Waals surface area (Å²) in [6.07, 6.45) is 2.22. The fraction of sp³-hybridized carbons (Fsp3) is 0.188. The van der Waals surface area contributed by atoms with Crippen molar-refractivity contribution in [1.82, 2.24) is 10.1 Å². The van der Waals surface area contributed by atoms with E-state index in [9.17, 15) is 9.18 Å². The smallest absolute Gasteiger partial charge is 0.306 e. The van der Waals surface area contributed by atoms with Gasteiger partial charge in [0, 0.05) is 12.0 Å². The summed E-state index contributed by atoms with van der Waals surface area (Å²) in [5.74, 6) is 0.478. The molecular weight excluding hydrogens is 303 g/mol.